The Morgan fingerprint density at radius 3 is 2.85 bits per heavy atom. The molecule has 3 N–H and O–H groups in total. The quantitative estimate of drug-likeness (QED) is 0.510. The predicted molar refractivity (Wildman–Crippen MR) is 64.8 cm³/mol. The van der Waals surface area contributed by atoms with Gasteiger partial charge in [0, 0.05) is 12.3 Å². The van der Waals surface area contributed by atoms with Crippen LogP contribution in [-0.2, 0) is 15.2 Å². The molecule has 8 heteroatoms. The molecular weight excluding hydrogens is 268 g/mol. The van der Waals surface area contributed by atoms with Gasteiger partial charge in [0.1, 0.15) is 18.8 Å². The largest absolute Gasteiger partial charge is 0.394 e. The standard InChI is InChI=1S/C12H12N2O6/c1-2-11-9(17)7(5-15)20-12(11,6-19-11)14-4-3-8(16)13-10(14)18/h1,3-4,7,9,15,17H,5-6H2,(H,13,16,18)/t7-,9?,11?,12-/m1/s1. The minimum atomic E-state index is -1.57. The zero-order chi connectivity index (χ0) is 14.5. The van der Waals surface area contributed by atoms with Crippen molar-refractivity contribution in [2.75, 3.05) is 13.2 Å². The number of terminal acetylenes is 1. The first-order chi connectivity index (χ1) is 9.50. The molecule has 1 aromatic rings. The van der Waals surface area contributed by atoms with Crippen molar-refractivity contribution in [2.45, 2.75) is 23.5 Å². The van der Waals surface area contributed by atoms with Gasteiger partial charge in [0.15, 0.2) is 0 Å². The smallest absolute Gasteiger partial charge is 0.330 e. The zero-order valence-electron chi connectivity index (χ0n) is 10.3. The summed E-state index contributed by atoms with van der Waals surface area (Å²) in [5.41, 5.74) is -4.30. The second-order valence-corrected chi connectivity index (χ2v) is 4.72. The molecule has 0 spiro atoms. The zero-order valence-corrected chi connectivity index (χ0v) is 10.3. The molecule has 20 heavy (non-hydrogen) atoms. The van der Waals surface area contributed by atoms with Crippen LogP contribution in [0.1, 0.15) is 0 Å². The lowest BCUT2D eigenvalue weighted by Crippen LogP contribution is -2.71. The molecule has 0 bridgehead atoms. The Morgan fingerprint density at radius 1 is 1.60 bits per heavy atom. The second-order valence-electron chi connectivity index (χ2n) is 4.72. The third-order valence-corrected chi connectivity index (χ3v) is 3.80. The van der Waals surface area contributed by atoms with Crippen LogP contribution in [0.2, 0.25) is 0 Å². The van der Waals surface area contributed by atoms with Gasteiger partial charge in [0.05, 0.1) is 6.61 Å². The van der Waals surface area contributed by atoms with Crippen molar-refractivity contribution < 1.29 is 19.7 Å². The molecule has 2 aliphatic rings. The van der Waals surface area contributed by atoms with Crippen LogP contribution in [0.3, 0.4) is 0 Å². The second kappa shape index (κ2) is 4.04. The highest BCUT2D eigenvalue weighted by Crippen LogP contribution is 2.52. The lowest BCUT2D eigenvalue weighted by Gasteiger charge is -2.50. The topological polar surface area (TPSA) is 114 Å². The molecule has 0 saturated carbocycles. The molecule has 0 aromatic carbocycles. The van der Waals surface area contributed by atoms with E-state index >= 15 is 0 Å². The molecule has 2 saturated heterocycles. The van der Waals surface area contributed by atoms with Crippen LogP contribution in [0.15, 0.2) is 21.9 Å². The summed E-state index contributed by atoms with van der Waals surface area (Å²) in [5, 5.41) is 19.4. The average Bonchev–Trinajstić information content (AvgIpc) is 2.56. The minimum absolute atomic E-state index is 0.0727. The highest BCUT2D eigenvalue weighted by Gasteiger charge is 2.74. The van der Waals surface area contributed by atoms with Gasteiger partial charge < -0.3 is 19.7 Å². The number of fused-ring (bicyclic) bond motifs is 1. The van der Waals surface area contributed by atoms with Gasteiger partial charge in [-0.15, -0.1) is 6.42 Å². The Morgan fingerprint density at radius 2 is 2.35 bits per heavy atom. The monoisotopic (exact) mass is 280 g/mol. The summed E-state index contributed by atoms with van der Waals surface area (Å²) in [6.45, 7) is -0.551. The van der Waals surface area contributed by atoms with Crippen molar-refractivity contribution in [2.24, 2.45) is 0 Å². The predicted octanol–water partition coefficient (Wildman–Crippen LogP) is -2.66. The Kier molecular flexibility index (Phi) is 2.64. The van der Waals surface area contributed by atoms with Crippen molar-refractivity contribution in [3.05, 3.63) is 33.1 Å². The van der Waals surface area contributed by atoms with Gasteiger partial charge >= 0.3 is 5.69 Å². The van der Waals surface area contributed by atoms with Crippen LogP contribution in [0, 0.1) is 12.3 Å². The van der Waals surface area contributed by atoms with Crippen LogP contribution in [-0.4, -0.2) is 50.8 Å². The van der Waals surface area contributed by atoms with E-state index in [9.17, 15) is 19.8 Å². The maximum atomic E-state index is 11.9. The van der Waals surface area contributed by atoms with Crippen molar-refractivity contribution >= 4 is 0 Å². The number of nitrogens with one attached hydrogen (secondary N) is 1. The molecule has 2 unspecified atom stereocenters. The first kappa shape index (κ1) is 13.1. The number of nitrogens with zero attached hydrogens (tertiary/aromatic N) is 1. The number of aromatic amines is 1. The van der Waals surface area contributed by atoms with E-state index in [2.05, 4.69) is 10.9 Å². The van der Waals surface area contributed by atoms with Crippen LogP contribution < -0.4 is 11.2 Å². The molecule has 1 aromatic heterocycles. The first-order valence-electron chi connectivity index (χ1n) is 5.92. The molecule has 2 aliphatic heterocycles. The van der Waals surface area contributed by atoms with E-state index in [0.29, 0.717) is 0 Å². The van der Waals surface area contributed by atoms with Gasteiger partial charge in [-0.25, -0.2) is 4.79 Å². The lowest BCUT2D eigenvalue weighted by atomic mass is 9.81. The minimum Gasteiger partial charge on any atom is -0.394 e. The average molecular weight is 280 g/mol. The summed E-state index contributed by atoms with van der Waals surface area (Å²) in [5.74, 6) is 2.31. The van der Waals surface area contributed by atoms with E-state index in [4.69, 9.17) is 15.9 Å². The molecule has 106 valence electrons. The molecule has 3 rings (SSSR count). The number of ether oxygens (including phenoxy) is 2. The fourth-order valence-corrected chi connectivity index (χ4v) is 2.75. The third kappa shape index (κ3) is 1.30. The third-order valence-electron chi connectivity index (χ3n) is 3.80. The van der Waals surface area contributed by atoms with E-state index < -0.39 is 41.4 Å². The number of aliphatic hydroxyl groups excluding tert-OH is 2. The van der Waals surface area contributed by atoms with Crippen LogP contribution in [0.5, 0.6) is 0 Å². The molecule has 2 fully saturated rings. The van der Waals surface area contributed by atoms with Gasteiger partial charge in [-0.3, -0.25) is 14.3 Å². The number of aromatic nitrogens is 2. The van der Waals surface area contributed by atoms with Gasteiger partial charge in [-0.2, -0.15) is 0 Å². The van der Waals surface area contributed by atoms with E-state index in [1.165, 1.54) is 6.20 Å². The van der Waals surface area contributed by atoms with Crippen LogP contribution in [0.25, 0.3) is 0 Å². The van der Waals surface area contributed by atoms with E-state index in [1.807, 2.05) is 0 Å². The summed E-state index contributed by atoms with van der Waals surface area (Å²) >= 11 is 0. The number of aliphatic hydroxyl groups is 2. The lowest BCUT2D eigenvalue weighted by molar-refractivity contribution is -0.312. The highest BCUT2D eigenvalue weighted by molar-refractivity contribution is 5.30. The first-order valence-corrected chi connectivity index (χ1v) is 5.92. The van der Waals surface area contributed by atoms with Gasteiger partial charge in [0.25, 0.3) is 5.56 Å². The fraction of sp³-hybridized carbons (Fsp3) is 0.500. The van der Waals surface area contributed by atoms with Crippen LogP contribution >= 0.6 is 0 Å². The molecule has 4 atom stereocenters. The van der Waals surface area contributed by atoms with E-state index in [1.54, 1.807) is 0 Å². The summed E-state index contributed by atoms with van der Waals surface area (Å²) in [6.07, 6.45) is 4.39. The van der Waals surface area contributed by atoms with Gasteiger partial charge in [-0.1, -0.05) is 5.92 Å². The summed E-state index contributed by atoms with van der Waals surface area (Å²) in [7, 11) is 0. The Hall–Kier alpha value is -1.92. The van der Waals surface area contributed by atoms with Gasteiger partial charge in [-0.05, 0) is 0 Å². The fourth-order valence-electron chi connectivity index (χ4n) is 2.75. The number of rotatable bonds is 2. The summed E-state index contributed by atoms with van der Waals surface area (Å²) < 4.78 is 12.0. The van der Waals surface area contributed by atoms with E-state index in [-0.39, 0.29) is 6.61 Å². The van der Waals surface area contributed by atoms with Crippen LogP contribution in [0.4, 0.5) is 0 Å². The maximum absolute atomic E-state index is 11.9. The number of hydrogen-bond donors (Lipinski definition) is 3. The summed E-state index contributed by atoms with van der Waals surface area (Å²) in [4.78, 5) is 25.1. The Bertz CT molecular complexity index is 703. The molecule has 3 heterocycles. The van der Waals surface area contributed by atoms with Crippen molar-refractivity contribution in [1.29, 1.82) is 0 Å². The Balaban J connectivity index is 2.19. The Labute approximate surface area is 112 Å². The van der Waals surface area contributed by atoms with E-state index in [0.717, 1.165) is 10.6 Å². The number of H-pyrrole nitrogens is 1. The van der Waals surface area contributed by atoms with Gasteiger partial charge in [0.2, 0.25) is 11.3 Å². The van der Waals surface area contributed by atoms with Crippen molar-refractivity contribution in [3.8, 4) is 12.3 Å². The van der Waals surface area contributed by atoms with Crippen molar-refractivity contribution in [1.82, 2.24) is 9.55 Å². The SMILES string of the molecule is C#CC12OC[C@@]1(n1ccc(=O)[nH]c1=O)O[C@H](CO)C2O. The molecule has 0 radical (unpaired) electrons. The van der Waals surface area contributed by atoms with Crippen molar-refractivity contribution in [3.63, 3.8) is 0 Å². The normalized spacial score (nSPS) is 38.9. The molecular formula is C12H12N2O6. The highest BCUT2D eigenvalue weighted by atomic mass is 16.7. The molecule has 0 amide bonds. The molecule has 8 nitrogen and oxygen atoms in total. The molecule has 0 aliphatic carbocycles. The maximum Gasteiger partial charge on any atom is 0.330 e. The summed E-state index contributed by atoms with van der Waals surface area (Å²) in [6, 6.07) is 1.14. The number of hydrogen-bond acceptors (Lipinski definition) is 6.